The second kappa shape index (κ2) is 6.74. The molecule has 0 atom stereocenters. The van der Waals surface area contributed by atoms with E-state index in [0.717, 1.165) is 16.9 Å². The van der Waals surface area contributed by atoms with Gasteiger partial charge in [0, 0.05) is 12.7 Å². The highest BCUT2D eigenvalue weighted by Gasteiger charge is 2.08. The van der Waals surface area contributed by atoms with Gasteiger partial charge in [-0.1, -0.05) is 12.1 Å². The van der Waals surface area contributed by atoms with Crippen molar-refractivity contribution in [1.82, 2.24) is 15.1 Å². The van der Waals surface area contributed by atoms with Gasteiger partial charge in [0.1, 0.15) is 11.4 Å². The Morgan fingerprint density at radius 3 is 2.76 bits per heavy atom. The smallest absolute Gasteiger partial charge is 0.272 e. The minimum Gasteiger partial charge on any atom is -0.471 e. The maximum Gasteiger partial charge on any atom is 0.272 e. The number of rotatable bonds is 6. The van der Waals surface area contributed by atoms with Gasteiger partial charge in [0.2, 0.25) is 0 Å². The maximum absolute atomic E-state index is 11.7. The van der Waals surface area contributed by atoms with Gasteiger partial charge in [-0.25, -0.2) is 4.68 Å². The molecule has 0 aliphatic rings. The predicted molar refractivity (Wildman–Crippen MR) is 81.3 cm³/mol. The minimum atomic E-state index is -0.222. The average Bonchev–Trinajstić information content (AvgIpc) is 2.90. The summed E-state index contributed by atoms with van der Waals surface area (Å²) in [6.45, 7) is 8.28. The van der Waals surface area contributed by atoms with Gasteiger partial charge in [-0.05, 0) is 43.2 Å². The number of nitrogens with zero attached hydrogens (tertiary/aromatic N) is 2. The number of hydrogen-bond donors (Lipinski definition) is 1. The fraction of sp³-hybridized carbons (Fsp3) is 0.250. The zero-order chi connectivity index (χ0) is 15.2. The Bertz CT molecular complexity index is 626. The molecule has 5 nitrogen and oxygen atoms in total. The molecule has 0 radical (unpaired) electrons. The molecular formula is C16H19N3O2. The van der Waals surface area contributed by atoms with Crippen molar-refractivity contribution in [2.24, 2.45) is 0 Å². The number of carbonyl (C=O) groups is 1. The van der Waals surface area contributed by atoms with Crippen molar-refractivity contribution in [3.05, 3.63) is 59.9 Å². The van der Waals surface area contributed by atoms with E-state index in [-0.39, 0.29) is 12.6 Å². The number of amides is 1. The van der Waals surface area contributed by atoms with Crippen LogP contribution in [0, 0.1) is 13.8 Å². The highest BCUT2D eigenvalue weighted by Crippen LogP contribution is 2.16. The SMILES string of the molecule is C=CCNC(=O)c1ccn(COc2cc(C)cc(C)c2)n1. The first-order valence-electron chi connectivity index (χ1n) is 6.72. The highest BCUT2D eigenvalue weighted by molar-refractivity contribution is 5.92. The summed E-state index contributed by atoms with van der Waals surface area (Å²) in [5.41, 5.74) is 2.66. The first kappa shape index (κ1) is 14.8. The fourth-order valence-electron chi connectivity index (χ4n) is 1.97. The largest absolute Gasteiger partial charge is 0.471 e. The van der Waals surface area contributed by atoms with Crippen LogP contribution in [0.25, 0.3) is 0 Å². The average molecular weight is 285 g/mol. The van der Waals surface area contributed by atoms with Gasteiger partial charge in [-0.2, -0.15) is 5.10 Å². The van der Waals surface area contributed by atoms with Crippen molar-refractivity contribution >= 4 is 5.91 Å². The Morgan fingerprint density at radius 1 is 1.38 bits per heavy atom. The molecule has 0 saturated heterocycles. The van der Waals surface area contributed by atoms with Crippen molar-refractivity contribution in [2.75, 3.05) is 6.54 Å². The standard InChI is InChI=1S/C16H19N3O2/c1-4-6-17-16(20)15-5-7-19(18-15)11-21-14-9-12(2)8-13(3)10-14/h4-5,7-10H,1,6,11H2,2-3H3,(H,17,20). The first-order chi connectivity index (χ1) is 10.1. The van der Waals surface area contributed by atoms with Gasteiger partial charge >= 0.3 is 0 Å². The summed E-state index contributed by atoms with van der Waals surface area (Å²) in [5, 5.41) is 6.85. The predicted octanol–water partition coefficient (Wildman–Crippen LogP) is 2.45. The molecule has 5 heteroatoms. The number of carbonyl (C=O) groups excluding carboxylic acids is 1. The number of aromatic nitrogens is 2. The Balaban J connectivity index is 1.96. The van der Waals surface area contributed by atoms with Crippen LogP contribution >= 0.6 is 0 Å². The van der Waals surface area contributed by atoms with Crippen molar-refractivity contribution in [3.8, 4) is 5.75 Å². The first-order valence-corrected chi connectivity index (χ1v) is 6.72. The molecule has 2 rings (SSSR count). The second-order valence-electron chi connectivity index (χ2n) is 4.84. The summed E-state index contributed by atoms with van der Waals surface area (Å²) < 4.78 is 7.26. The van der Waals surface area contributed by atoms with E-state index in [2.05, 4.69) is 23.1 Å². The molecule has 21 heavy (non-hydrogen) atoms. The Hall–Kier alpha value is -2.56. The monoisotopic (exact) mass is 285 g/mol. The van der Waals surface area contributed by atoms with E-state index in [9.17, 15) is 4.79 Å². The van der Waals surface area contributed by atoms with Crippen molar-refractivity contribution < 1.29 is 9.53 Å². The summed E-state index contributed by atoms with van der Waals surface area (Å²) in [6.07, 6.45) is 3.34. The van der Waals surface area contributed by atoms with Crippen LogP contribution in [0.4, 0.5) is 0 Å². The van der Waals surface area contributed by atoms with Crippen LogP contribution in [0.5, 0.6) is 5.75 Å². The molecule has 0 saturated carbocycles. The summed E-state index contributed by atoms with van der Waals surface area (Å²) in [6, 6.07) is 7.68. The van der Waals surface area contributed by atoms with Crippen LogP contribution in [0.1, 0.15) is 21.6 Å². The van der Waals surface area contributed by atoms with E-state index in [4.69, 9.17) is 4.74 Å². The maximum atomic E-state index is 11.7. The summed E-state index contributed by atoms with van der Waals surface area (Å²) in [5.74, 6) is 0.570. The van der Waals surface area contributed by atoms with Crippen LogP contribution in [-0.4, -0.2) is 22.2 Å². The molecule has 0 fully saturated rings. The molecule has 1 N–H and O–H groups in total. The lowest BCUT2D eigenvalue weighted by molar-refractivity contribution is 0.0951. The summed E-state index contributed by atoms with van der Waals surface area (Å²) >= 11 is 0. The number of nitrogens with one attached hydrogen (secondary N) is 1. The van der Waals surface area contributed by atoms with E-state index in [1.165, 1.54) is 0 Å². The van der Waals surface area contributed by atoms with Crippen LogP contribution in [0.2, 0.25) is 0 Å². The Labute approximate surface area is 124 Å². The van der Waals surface area contributed by atoms with E-state index < -0.39 is 0 Å². The van der Waals surface area contributed by atoms with Gasteiger partial charge in [0.15, 0.2) is 6.73 Å². The lowest BCUT2D eigenvalue weighted by atomic mass is 10.1. The molecule has 1 aromatic heterocycles. The molecule has 0 bridgehead atoms. The van der Waals surface area contributed by atoms with Crippen LogP contribution in [-0.2, 0) is 6.73 Å². The molecule has 1 heterocycles. The minimum absolute atomic E-state index is 0.222. The van der Waals surface area contributed by atoms with Gasteiger partial charge in [0.05, 0.1) is 0 Å². The second-order valence-corrected chi connectivity index (χ2v) is 4.84. The number of aryl methyl sites for hydroxylation is 2. The van der Waals surface area contributed by atoms with Crippen LogP contribution in [0.15, 0.2) is 43.1 Å². The highest BCUT2D eigenvalue weighted by atomic mass is 16.5. The quantitative estimate of drug-likeness (QED) is 0.829. The van der Waals surface area contributed by atoms with Gasteiger partial charge < -0.3 is 10.1 Å². The van der Waals surface area contributed by atoms with Gasteiger partial charge in [0.25, 0.3) is 5.91 Å². The van der Waals surface area contributed by atoms with E-state index >= 15 is 0 Å². The summed E-state index contributed by atoms with van der Waals surface area (Å²) in [7, 11) is 0. The van der Waals surface area contributed by atoms with Gasteiger partial charge in [-0.15, -0.1) is 6.58 Å². The Kier molecular flexibility index (Phi) is 4.77. The number of benzene rings is 1. The van der Waals surface area contributed by atoms with E-state index in [1.807, 2.05) is 26.0 Å². The molecule has 0 aliphatic heterocycles. The summed E-state index contributed by atoms with van der Waals surface area (Å²) in [4.78, 5) is 11.7. The molecule has 0 aliphatic carbocycles. The number of hydrogen-bond acceptors (Lipinski definition) is 3. The lowest BCUT2D eigenvalue weighted by Gasteiger charge is -2.08. The molecule has 2 aromatic rings. The molecule has 110 valence electrons. The topological polar surface area (TPSA) is 56.2 Å². The van der Waals surface area contributed by atoms with E-state index in [1.54, 1.807) is 23.0 Å². The molecule has 0 unspecified atom stereocenters. The third kappa shape index (κ3) is 4.21. The zero-order valence-electron chi connectivity index (χ0n) is 12.3. The third-order valence-corrected chi connectivity index (χ3v) is 2.84. The van der Waals surface area contributed by atoms with Gasteiger partial charge in [-0.3, -0.25) is 4.79 Å². The fourth-order valence-corrected chi connectivity index (χ4v) is 1.97. The van der Waals surface area contributed by atoms with Crippen molar-refractivity contribution in [3.63, 3.8) is 0 Å². The van der Waals surface area contributed by atoms with Crippen LogP contribution in [0.3, 0.4) is 0 Å². The molecular weight excluding hydrogens is 266 g/mol. The Morgan fingerprint density at radius 2 is 2.10 bits per heavy atom. The third-order valence-electron chi connectivity index (χ3n) is 2.84. The van der Waals surface area contributed by atoms with Crippen LogP contribution < -0.4 is 10.1 Å². The number of ether oxygens (including phenoxy) is 1. The van der Waals surface area contributed by atoms with Crippen molar-refractivity contribution in [1.29, 1.82) is 0 Å². The lowest BCUT2D eigenvalue weighted by Crippen LogP contribution is -2.24. The zero-order valence-corrected chi connectivity index (χ0v) is 12.3. The molecule has 1 amide bonds. The normalized spacial score (nSPS) is 10.2. The molecule has 1 aromatic carbocycles. The molecule has 0 spiro atoms. The van der Waals surface area contributed by atoms with Crippen molar-refractivity contribution in [2.45, 2.75) is 20.6 Å². The van der Waals surface area contributed by atoms with E-state index in [0.29, 0.717) is 12.2 Å².